The molecule has 0 radical (unpaired) electrons. The highest BCUT2D eigenvalue weighted by molar-refractivity contribution is 6.17. The van der Waals surface area contributed by atoms with Crippen molar-refractivity contribution < 1.29 is 27.8 Å². The number of primary amides is 1. The molecule has 1 aromatic heterocycles. The highest BCUT2D eigenvalue weighted by Crippen LogP contribution is 2.33. The SMILES string of the molecule is NC(=O)c1cccc2c1c1ccc(CO)cc1n2Cc1ccc(OC(F)(F)F)cc1. The predicted octanol–water partition coefficient (Wildman–Crippen LogP) is 4.33. The van der Waals surface area contributed by atoms with E-state index in [1.807, 2.05) is 22.8 Å². The Morgan fingerprint density at radius 3 is 2.33 bits per heavy atom. The van der Waals surface area contributed by atoms with E-state index in [0.29, 0.717) is 23.1 Å². The number of ether oxygens (including phenoxy) is 1. The highest BCUT2D eigenvalue weighted by Gasteiger charge is 2.31. The first-order valence-corrected chi connectivity index (χ1v) is 9.06. The molecule has 154 valence electrons. The molecule has 0 aliphatic rings. The van der Waals surface area contributed by atoms with Gasteiger partial charge in [-0.15, -0.1) is 13.2 Å². The molecule has 1 amide bonds. The van der Waals surface area contributed by atoms with Gasteiger partial charge in [-0.1, -0.05) is 30.3 Å². The Morgan fingerprint density at radius 1 is 1.00 bits per heavy atom. The first kappa shape index (κ1) is 19.8. The molecule has 0 saturated carbocycles. The van der Waals surface area contributed by atoms with Crippen LogP contribution in [0.15, 0.2) is 60.7 Å². The van der Waals surface area contributed by atoms with Gasteiger partial charge in [-0.25, -0.2) is 0 Å². The van der Waals surface area contributed by atoms with Crippen molar-refractivity contribution in [2.75, 3.05) is 0 Å². The van der Waals surface area contributed by atoms with Crippen LogP contribution in [0.3, 0.4) is 0 Å². The molecule has 3 aromatic carbocycles. The molecule has 0 unspecified atom stereocenters. The van der Waals surface area contributed by atoms with Crippen LogP contribution in [0.5, 0.6) is 5.75 Å². The lowest BCUT2D eigenvalue weighted by Gasteiger charge is -2.11. The molecule has 30 heavy (non-hydrogen) atoms. The van der Waals surface area contributed by atoms with Gasteiger partial charge in [-0.05, 0) is 41.5 Å². The summed E-state index contributed by atoms with van der Waals surface area (Å²) in [7, 11) is 0. The van der Waals surface area contributed by atoms with Gasteiger partial charge in [0.2, 0.25) is 5.91 Å². The number of carbonyl (C=O) groups is 1. The van der Waals surface area contributed by atoms with Crippen molar-refractivity contribution >= 4 is 27.7 Å². The van der Waals surface area contributed by atoms with Crippen molar-refractivity contribution in [2.24, 2.45) is 5.73 Å². The number of benzene rings is 3. The summed E-state index contributed by atoms with van der Waals surface area (Å²) in [6.45, 7) is 0.188. The van der Waals surface area contributed by atoms with E-state index in [9.17, 15) is 23.1 Å². The zero-order chi connectivity index (χ0) is 21.5. The number of amides is 1. The van der Waals surface area contributed by atoms with E-state index in [0.717, 1.165) is 22.0 Å². The third kappa shape index (κ3) is 3.69. The standard InChI is InChI=1S/C22H17F3N2O3/c23-22(24,25)30-15-7-4-13(5-8-15)11-27-18-3-1-2-17(21(26)29)20(18)16-9-6-14(12-28)10-19(16)27/h1-10,28H,11-12H2,(H2,26,29). The van der Waals surface area contributed by atoms with Gasteiger partial charge < -0.3 is 20.1 Å². The Morgan fingerprint density at radius 2 is 1.70 bits per heavy atom. The molecule has 3 N–H and O–H groups in total. The van der Waals surface area contributed by atoms with E-state index in [1.165, 1.54) is 12.1 Å². The molecule has 5 nitrogen and oxygen atoms in total. The number of carbonyl (C=O) groups excluding carboxylic acids is 1. The average Bonchev–Trinajstić information content (AvgIpc) is 3.01. The maximum absolute atomic E-state index is 12.4. The Labute approximate surface area is 169 Å². The molecule has 0 saturated heterocycles. The normalized spacial score (nSPS) is 11.9. The quantitative estimate of drug-likeness (QED) is 0.510. The fraction of sp³-hybridized carbons (Fsp3) is 0.136. The molecule has 0 aliphatic carbocycles. The van der Waals surface area contributed by atoms with Crippen LogP contribution in [0.4, 0.5) is 13.2 Å². The first-order chi connectivity index (χ1) is 14.3. The molecule has 0 bridgehead atoms. The monoisotopic (exact) mass is 414 g/mol. The van der Waals surface area contributed by atoms with Crippen LogP contribution in [0, 0.1) is 0 Å². The number of fused-ring (bicyclic) bond motifs is 3. The van der Waals surface area contributed by atoms with Crippen LogP contribution in [-0.4, -0.2) is 21.9 Å². The van der Waals surface area contributed by atoms with E-state index in [1.54, 1.807) is 30.3 Å². The van der Waals surface area contributed by atoms with Gasteiger partial charge in [-0.2, -0.15) is 0 Å². The lowest BCUT2D eigenvalue weighted by Crippen LogP contribution is -2.17. The zero-order valence-electron chi connectivity index (χ0n) is 15.6. The summed E-state index contributed by atoms with van der Waals surface area (Å²) >= 11 is 0. The number of aliphatic hydroxyl groups is 1. The second-order valence-electron chi connectivity index (χ2n) is 6.85. The summed E-state index contributed by atoms with van der Waals surface area (Å²) < 4.78 is 43.0. The zero-order valence-corrected chi connectivity index (χ0v) is 15.6. The number of nitrogens with two attached hydrogens (primary N) is 1. The number of aromatic nitrogens is 1. The topological polar surface area (TPSA) is 77.5 Å². The maximum Gasteiger partial charge on any atom is 0.573 e. The van der Waals surface area contributed by atoms with Gasteiger partial charge in [0, 0.05) is 28.4 Å². The van der Waals surface area contributed by atoms with Crippen molar-refractivity contribution in [1.82, 2.24) is 4.57 Å². The summed E-state index contributed by atoms with van der Waals surface area (Å²) in [5.74, 6) is -0.855. The number of hydrogen-bond donors (Lipinski definition) is 2. The van der Waals surface area contributed by atoms with E-state index in [2.05, 4.69) is 4.74 Å². The van der Waals surface area contributed by atoms with Crippen molar-refractivity contribution in [2.45, 2.75) is 19.5 Å². The number of aliphatic hydroxyl groups excluding tert-OH is 1. The molecule has 4 aromatic rings. The molecule has 0 atom stereocenters. The molecule has 0 aliphatic heterocycles. The van der Waals surface area contributed by atoms with Crippen LogP contribution in [0.1, 0.15) is 21.5 Å². The van der Waals surface area contributed by atoms with Gasteiger partial charge in [-0.3, -0.25) is 4.79 Å². The van der Waals surface area contributed by atoms with Crippen molar-refractivity contribution in [3.63, 3.8) is 0 Å². The smallest absolute Gasteiger partial charge is 0.406 e. The molecule has 0 fully saturated rings. The first-order valence-electron chi connectivity index (χ1n) is 9.06. The van der Waals surface area contributed by atoms with Gasteiger partial charge in [0.1, 0.15) is 5.75 Å². The van der Waals surface area contributed by atoms with E-state index in [4.69, 9.17) is 5.73 Å². The summed E-state index contributed by atoms with van der Waals surface area (Å²) in [4.78, 5) is 12.0. The third-order valence-electron chi connectivity index (χ3n) is 4.90. The second-order valence-corrected chi connectivity index (χ2v) is 6.85. The molecular formula is C22H17F3N2O3. The minimum absolute atomic E-state index is 0.149. The van der Waals surface area contributed by atoms with Crippen molar-refractivity contribution in [1.29, 1.82) is 0 Å². The van der Waals surface area contributed by atoms with Gasteiger partial charge >= 0.3 is 6.36 Å². The Hall–Kier alpha value is -3.52. The number of alkyl halides is 3. The Balaban J connectivity index is 1.85. The Kier molecular flexibility index (Phi) is 4.87. The summed E-state index contributed by atoms with van der Waals surface area (Å²) in [5.41, 5.74) is 8.91. The van der Waals surface area contributed by atoms with Crippen LogP contribution < -0.4 is 10.5 Å². The van der Waals surface area contributed by atoms with Gasteiger partial charge in [0.15, 0.2) is 0 Å². The number of hydrogen-bond acceptors (Lipinski definition) is 3. The van der Waals surface area contributed by atoms with Crippen LogP contribution in [0.25, 0.3) is 21.8 Å². The molecule has 4 rings (SSSR count). The summed E-state index contributed by atoms with van der Waals surface area (Å²) in [6.07, 6.45) is -4.75. The number of rotatable bonds is 5. The Bertz CT molecular complexity index is 1240. The lowest BCUT2D eigenvalue weighted by molar-refractivity contribution is -0.274. The lowest BCUT2D eigenvalue weighted by atomic mass is 10.0. The van der Waals surface area contributed by atoms with Gasteiger partial charge in [0.05, 0.1) is 12.1 Å². The van der Waals surface area contributed by atoms with Crippen LogP contribution in [0.2, 0.25) is 0 Å². The summed E-state index contributed by atoms with van der Waals surface area (Å²) in [6, 6.07) is 16.2. The van der Waals surface area contributed by atoms with Gasteiger partial charge in [0.25, 0.3) is 0 Å². The maximum atomic E-state index is 12.4. The fourth-order valence-corrected chi connectivity index (χ4v) is 3.64. The third-order valence-corrected chi connectivity index (χ3v) is 4.90. The number of nitrogens with zero attached hydrogens (tertiary/aromatic N) is 1. The minimum atomic E-state index is -4.75. The molecule has 0 spiro atoms. The van der Waals surface area contributed by atoms with Crippen molar-refractivity contribution in [3.05, 3.63) is 77.4 Å². The predicted molar refractivity (Wildman–Crippen MR) is 106 cm³/mol. The molecule has 8 heteroatoms. The average molecular weight is 414 g/mol. The van der Waals surface area contributed by atoms with Crippen molar-refractivity contribution in [3.8, 4) is 5.75 Å². The van der Waals surface area contributed by atoms with Crippen LogP contribution >= 0.6 is 0 Å². The fourth-order valence-electron chi connectivity index (χ4n) is 3.64. The van der Waals surface area contributed by atoms with Crippen LogP contribution in [-0.2, 0) is 13.2 Å². The largest absolute Gasteiger partial charge is 0.573 e. The highest BCUT2D eigenvalue weighted by atomic mass is 19.4. The van der Waals surface area contributed by atoms with E-state index >= 15 is 0 Å². The molecule has 1 heterocycles. The number of halogens is 3. The van der Waals surface area contributed by atoms with E-state index < -0.39 is 12.3 Å². The summed E-state index contributed by atoms with van der Waals surface area (Å²) in [5, 5.41) is 11.0. The second kappa shape index (κ2) is 7.38. The minimum Gasteiger partial charge on any atom is -0.406 e. The van der Waals surface area contributed by atoms with E-state index in [-0.39, 0.29) is 12.4 Å². The molecular weight excluding hydrogens is 397 g/mol.